The highest BCUT2D eigenvalue weighted by Crippen LogP contribution is 2.34. The molecular weight excluding hydrogens is 416 g/mol. The topological polar surface area (TPSA) is 87.4 Å². The summed E-state index contributed by atoms with van der Waals surface area (Å²) in [7, 11) is 0. The second-order valence-corrected chi connectivity index (χ2v) is 7.91. The van der Waals surface area contributed by atoms with Crippen LogP contribution < -0.4 is 15.1 Å². The van der Waals surface area contributed by atoms with Gasteiger partial charge in [0.1, 0.15) is 6.33 Å². The number of hydrogen-bond donors (Lipinski definition) is 1. The molecule has 1 saturated heterocycles. The standard InChI is InChI=1S/C22H23ClN6O2/c1-15-4-3-5-19(16(15)2)27-10-12-28(13-11-27)22-20(29(30)31)21(24-14-25-22)26-18-8-6-17(23)7-9-18/h3-9,14H,10-13H2,1-2H3,(H,24,25,26). The molecular formula is C22H23ClN6O2. The number of anilines is 4. The Balaban J connectivity index is 1.56. The largest absolute Gasteiger partial charge is 0.368 e. The van der Waals surface area contributed by atoms with Crippen LogP contribution in [0.3, 0.4) is 0 Å². The molecule has 0 aliphatic carbocycles. The van der Waals surface area contributed by atoms with Crippen molar-refractivity contribution in [1.82, 2.24) is 9.97 Å². The predicted molar refractivity (Wildman–Crippen MR) is 124 cm³/mol. The molecule has 2 heterocycles. The van der Waals surface area contributed by atoms with E-state index in [0.29, 0.717) is 29.6 Å². The van der Waals surface area contributed by atoms with Crippen LogP contribution in [0.2, 0.25) is 5.02 Å². The SMILES string of the molecule is Cc1cccc(N2CCN(c3ncnc(Nc4ccc(Cl)cc4)c3[N+](=O)[O-])CC2)c1C. The van der Waals surface area contributed by atoms with Crippen molar-refractivity contribution in [2.24, 2.45) is 0 Å². The minimum absolute atomic E-state index is 0.127. The first-order chi connectivity index (χ1) is 14.9. The van der Waals surface area contributed by atoms with Gasteiger partial charge in [0, 0.05) is 42.6 Å². The molecule has 160 valence electrons. The van der Waals surface area contributed by atoms with Crippen LogP contribution in [0, 0.1) is 24.0 Å². The minimum Gasteiger partial charge on any atom is -0.368 e. The van der Waals surface area contributed by atoms with E-state index in [-0.39, 0.29) is 11.5 Å². The van der Waals surface area contributed by atoms with E-state index in [1.807, 2.05) is 4.90 Å². The Kier molecular flexibility index (Phi) is 5.90. The predicted octanol–water partition coefficient (Wildman–Crippen LogP) is 4.73. The van der Waals surface area contributed by atoms with Gasteiger partial charge >= 0.3 is 5.69 Å². The summed E-state index contributed by atoms with van der Waals surface area (Å²) in [4.78, 5) is 24.2. The third kappa shape index (κ3) is 4.39. The first kappa shape index (κ1) is 20.9. The molecule has 0 bridgehead atoms. The molecule has 0 saturated carbocycles. The van der Waals surface area contributed by atoms with E-state index < -0.39 is 4.92 Å². The van der Waals surface area contributed by atoms with E-state index in [1.54, 1.807) is 24.3 Å². The molecule has 1 aliphatic heterocycles. The molecule has 0 spiro atoms. The van der Waals surface area contributed by atoms with Crippen LogP contribution in [0.4, 0.5) is 28.7 Å². The van der Waals surface area contributed by atoms with Crippen molar-refractivity contribution in [3.63, 3.8) is 0 Å². The number of nitrogens with one attached hydrogen (secondary N) is 1. The highest BCUT2D eigenvalue weighted by Gasteiger charge is 2.29. The van der Waals surface area contributed by atoms with Crippen molar-refractivity contribution >= 4 is 40.3 Å². The molecule has 1 fully saturated rings. The third-order valence-corrected chi connectivity index (χ3v) is 5.84. The van der Waals surface area contributed by atoms with Gasteiger partial charge in [0.15, 0.2) is 0 Å². The molecule has 3 aromatic rings. The fraction of sp³-hybridized carbons (Fsp3) is 0.273. The molecule has 0 radical (unpaired) electrons. The van der Waals surface area contributed by atoms with E-state index in [1.165, 1.54) is 23.1 Å². The zero-order valence-corrected chi connectivity index (χ0v) is 18.1. The lowest BCUT2D eigenvalue weighted by molar-refractivity contribution is -0.383. The normalized spacial score (nSPS) is 13.9. The summed E-state index contributed by atoms with van der Waals surface area (Å²) < 4.78 is 0. The second-order valence-electron chi connectivity index (χ2n) is 7.48. The van der Waals surface area contributed by atoms with Gasteiger partial charge in [0.05, 0.1) is 4.92 Å². The van der Waals surface area contributed by atoms with E-state index >= 15 is 0 Å². The molecule has 2 aromatic carbocycles. The molecule has 0 unspecified atom stereocenters. The monoisotopic (exact) mass is 438 g/mol. The second kappa shape index (κ2) is 8.77. The van der Waals surface area contributed by atoms with Gasteiger partial charge in [-0.05, 0) is 55.3 Å². The number of rotatable bonds is 5. The Labute approximate surface area is 185 Å². The van der Waals surface area contributed by atoms with Crippen molar-refractivity contribution in [3.05, 3.63) is 75.1 Å². The molecule has 1 aliphatic rings. The molecule has 4 rings (SSSR count). The highest BCUT2D eigenvalue weighted by molar-refractivity contribution is 6.30. The van der Waals surface area contributed by atoms with E-state index in [9.17, 15) is 10.1 Å². The number of benzene rings is 2. The number of nitrogens with zero attached hydrogens (tertiary/aromatic N) is 5. The number of aryl methyl sites for hydroxylation is 1. The summed E-state index contributed by atoms with van der Waals surface area (Å²) >= 11 is 5.93. The highest BCUT2D eigenvalue weighted by atomic mass is 35.5. The maximum atomic E-state index is 11.9. The van der Waals surface area contributed by atoms with Crippen LogP contribution in [0.15, 0.2) is 48.8 Å². The number of hydrogen-bond acceptors (Lipinski definition) is 7. The smallest absolute Gasteiger partial charge is 0.353 e. The minimum atomic E-state index is -0.426. The van der Waals surface area contributed by atoms with Crippen molar-refractivity contribution in [2.45, 2.75) is 13.8 Å². The zero-order chi connectivity index (χ0) is 22.0. The fourth-order valence-corrected chi connectivity index (χ4v) is 3.89. The van der Waals surface area contributed by atoms with Crippen LogP contribution in [0.5, 0.6) is 0 Å². The van der Waals surface area contributed by atoms with Crippen molar-refractivity contribution in [3.8, 4) is 0 Å². The molecule has 1 N–H and O–H groups in total. The fourth-order valence-electron chi connectivity index (χ4n) is 3.77. The van der Waals surface area contributed by atoms with Gasteiger partial charge in [0.25, 0.3) is 0 Å². The van der Waals surface area contributed by atoms with Crippen LogP contribution in [0.1, 0.15) is 11.1 Å². The van der Waals surface area contributed by atoms with Gasteiger partial charge < -0.3 is 15.1 Å². The Hall–Kier alpha value is -3.39. The Bertz CT molecular complexity index is 1100. The van der Waals surface area contributed by atoms with Crippen molar-refractivity contribution < 1.29 is 4.92 Å². The van der Waals surface area contributed by atoms with Gasteiger partial charge in [-0.3, -0.25) is 10.1 Å². The van der Waals surface area contributed by atoms with Gasteiger partial charge in [-0.25, -0.2) is 9.97 Å². The number of nitro groups is 1. The van der Waals surface area contributed by atoms with Crippen molar-refractivity contribution in [2.75, 3.05) is 41.3 Å². The maximum absolute atomic E-state index is 11.9. The van der Waals surface area contributed by atoms with Crippen LogP contribution >= 0.6 is 11.6 Å². The van der Waals surface area contributed by atoms with Crippen LogP contribution in [-0.2, 0) is 0 Å². The number of piperazine rings is 1. The number of aromatic nitrogens is 2. The van der Waals surface area contributed by atoms with Gasteiger partial charge in [-0.2, -0.15) is 0 Å². The van der Waals surface area contributed by atoms with E-state index in [4.69, 9.17) is 11.6 Å². The quantitative estimate of drug-likeness (QED) is 0.455. The summed E-state index contributed by atoms with van der Waals surface area (Å²) in [6.45, 7) is 7.00. The summed E-state index contributed by atoms with van der Waals surface area (Å²) in [5, 5.41) is 15.5. The summed E-state index contributed by atoms with van der Waals surface area (Å²) in [5.74, 6) is 0.492. The molecule has 1 aromatic heterocycles. The maximum Gasteiger partial charge on any atom is 0.353 e. The lowest BCUT2D eigenvalue weighted by Crippen LogP contribution is -2.47. The lowest BCUT2D eigenvalue weighted by atomic mass is 10.1. The average Bonchev–Trinajstić information content (AvgIpc) is 2.77. The average molecular weight is 439 g/mol. The van der Waals surface area contributed by atoms with E-state index in [2.05, 4.69) is 52.2 Å². The van der Waals surface area contributed by atoms with E-state index in [0.717, 1.165) is 13.1 Å². The summed E-state index contributed by atoms with van der Waals surface area (Å²) in [5.41, 5.74) is 4.26. The van der Waals surface area contributed by atoms with Gasteiger partial charge in [-0.15, -0.1) is 0 Å². The zero-order valence-electron chi connectivity index (χ0n) is 17.4. The van der Waals surface area contributed by atoms with Gasteiger partial charge in [0.2, 0.25) is 11.6 Å². The van der Waals surface area contributed by atoms with Crippen LogP contribution in [0.25, 0.3) is 0 Å². The Morgan fingerprint density at radius 1 is 1.00 bits per heavy atom. The molecule has 31 heavy (non-hydrogen) atoms. The van der Waals surface area contributed by atoms with Gasteiger partial charge in [-0.1, -0.05) is 23.7 Å². The summed E-state index contributed by atoms with van der Waals surface area (Å²) in [6, 6.07) is 13.2. The molecule has 9 heteroatoms. The summed E-state index contributed by atoms with van der Waals surface area (Å²) in [6.07, 6.45) is 1.36. The third-order valence-electron chi connectivity index (χ3n) is 5.59. The Morgan fingerprint density at radius 2 is 1.68 bits per heavy atom. The molecule has 0 atom stereocenters. The Morgan fingerprint density at radius 3 is 2.35 bits per heavy atom. The first-order valence-electron chi connectivity index (χ1n) is 10.0. The first-order valence-corrected chi connectivity index (χ1v) is 10.4. The molecule has 0 amide bonds. The number of halogens is 1. The van der Waals surface area contributed by atoms with Crippen LogP contribution in [-0.4, -0.2) is 41.1 Å². The lowest BCUT2D eigenvalue weighted by Gasteiger charge is -2.37. The van der Waals surface area contributed by atoms with Crippen molar-refractivity contribution in [1.29, 1.82) is 0 Å². The molecule has 8 nitrogen and oxygen atoms in total.